The molecule has 0 bridgehead atoms. The highest BCUT2D eigenvalue weighted by atomic mass is 35.5. The molecular formula is C14H27ClNO6-. The van der Waals surface area contributed by atoms with Crippen molar-refractivity contribution in [2.75, 3.05) is 33.9 Å². The van der Waals surface area contributed by atoms with Crippen molar-refractivity contribution >= 4 is 0 Å². The number of rotatable bonds is 7. The van der Waals surface area contributed by atoms with Crippen LogP contribution in [-0.2, 0) is 18.9 Å². The maximum absolute atomic E-state index is 9.88. The van der Waals surface area contributed by atoms with E-state index in [1.807, 2.05) is 27.9 Å². The molecule has 2 saturated heterocycles. The lowest BCUT2D eigenvalue weighted by Crippen LogP contribution is -3.00. The van der Waals surface area contributed by atoms with Crippen molar-refractivity contribution in [3.8, 4) is 0 Å². The minimum absolute atomic E-state index is 0. The summed E-state index contributed by atoms with van der Waals surface area (Å²) in [5, 5.41) is 19.0. The zero-order valence-electron chi connectivity index (χ0n) is 13.6. The molecule has 0 amide bonds. The van der Waals surface area contributed by atoms with Crippen LogP contribution in [0.5, 0.6) is 0 Å². The van der Waals surface area contributed by atoms with Crippen LogP contribution in [0.15, 0.2) is 0 Å². The summed E-state index contributed by atoms with van der Waals surface area (Å²) in [5.74, 6) is -0.726. The van der Waals surface area contributed by atoms with Gasteiger partial charge in [-0.2, -0.15) is 0 Å². The molecule has 0 saturated carbocycles. The predicted molar refractivity (Wildman–Crippen MR) is 74.7 cm³/mol. The Balaban J connectivity index is 0.00000242. The topological polar surface area (TPSA) is 80.6 Å². The first-order chi connectivity index (χ1) is 9.84. The Bertz CT molecular complexity index is 343. The van der Waals surface area contributed by atoms with Crippen molar-refractivity contribution in [2.45, 2.75) is 56.8 Å². The molecule has 8 heteroatoms. The van der Waals surface area contributed by atoms with Gasteiger partial charge in [0.05, 0.1) is 6.61 Å². The summed E-state index contributed by atoms with van der Waals surface area (Å²) in [7, 11) is 4.01. The lowest BCUT2D eigenvalue weighted by atomic mass is 10.1. The molecule has 0 aromatic heterocycles. The molecule has 2 N–H and O–H groups in total. The number of aliphatic hydroxyl groups excluding tert-OH is 2. The molecule has 0 aromatic rings. The standard InChI is InChI=1S/C14H27NO6.ClH/c1-14(2)20-12-11(18-7-5-6-15(3)4)10(9(17)8-16)19-13(12)21-14;/h9-13,16-17H,5-8H2,1-4H3;1H/p-1/t9?,10-,11+,12-,13?;/m1./s1. The fourth-order valence-electron chi connectivity index (χ4n) is 2.71. The second-order valence-corrected chi connectivity index (χ2v) is 6.31. The summed E-state index contributed by atoms with van der Waals surface area (Å²) < 4.78 is 23.0. The van der Waals surface area contributed by atoms with Gasteiger partial charge in [0, 0.05) is 6.61 Å². The van der Waals surface area contributed by atoms with E-state index >= 15 is 0 Å². The zero-order valence-corrected chi connectivity index (χ0v) is 14.3. The first-order valence-corrected chi connectivity index (χ1v) is 7.40. The first-order valence-electron chi connectivity index (χ1n) is 7.40. The molecule has 2 aliphatic heterocycles. The Morgan fingerprint density at radius 2 is 1.95 bits per heavy atom. The van der Waals surface area contributed by atoms with Gasteiger partial charge in [-0.1, -0.05) is 0 Å². The van der Waals surface area contributed by atoms with Crippen LogP contribution in [-0.4, -0.2) is 85.5 Å². The second-order valence-electron chi connectivity index (χ2n) is 6.31. The monoisotopic (exact) mass is 340 g/mol. The van der Waals surface area contributed by atoms with Gasteiger partial charge in [-0.3, -0.25) is 0 Å². The summed E-state index contributed by atoms with van der Waals surface area (Å²) >= 11 is 0. The van der Waals surface area contributed by atoms with E-state index in [0.717, 1.165) is 13.0 Å². The maximum atomic E-state index is 9.88. The summed E-state index contributed by atoms with van der Waals surface area (Å²) in [4.78, 5) is 2.08. The van der Waals surface area contributed by atoms with E-state index in [9.17, 15) is 5.11 Å². The Morgan fingerprint density at radius 1 is 1.27 bits per heavy atom. The van der Waals surface area contributed by atoms with Crippen molar-refractivity contribution < 1.29 is 41.6 Å². The van der Waals surface area contributed by atoms with Crippen LogP contribution in [0.1, 0.15) is 20.3 Å². The van der Waals surface area contributed by atoms with E-state index in [2.05, 4.69) is 4.90 Å². The van der Waals surface area contributed by atoms with E-state index in [4.69, 9.17) is 24.1 Å². The van der Waals surface area contributed by atoms with Gasteiger partial charge in [0.1, 0.15) is 24.4 Å². The lowest BCUT2D eigenvalue weighted by molar-refractivity contribution is -0.231. The molecule has 2 heterocycles. The molecule has 22 heavy (non-hydrogen) atoms. The molecule has 0 spiro atoms. The molecule has 132 valence electrons. The highest BCUT2D eigenvalue weighted by Gasteiger charge is 2.56. The minimum Gasteiger partial charge on any atom is -1.00 e. The normalized spacial score (nSPS) is 34.5. The van der Waals surface area contributed by atoms with Crippen LogP contribution in [0.4, 0.5) is 0 Å². The molecule has 2 rings (SSSR count). The van der Waals surface area contributed by atoms with Crippen LogP contribution in [0, 0.1) is 0 Å². The number of ether oxygens (including phenoxy) is 4. The van der Waals surface area contributed by atoms with E-state index in [1.54, 1.807) is 0 Å². The quantitative estimate of drug-likeness (QED) is 0.467. The van der Waals surface area contributed by atoms with Gasteiger partial charge in [0.25, 0.3) is 0 Å². The molecule has 0 radical (unpaired) electrons. The third kappa shape index (κ3) is 4.75. The first kappa shape index (κ1) is 20.1. The summed E-state index contributed by atoms with van der Waals surface area (Å²) in [6, 6.07) is 0. The van der Waals surface area contributed by atoms with Crippen molar-refractivity contribution in [2.24, 2.45) is 0 Å². The minimum atomic E-state index is -1.01. The number of fused-ring (bicyclic) bond motifs is 1. The summed E-state index contributed by atoms with van der Waals surface area (Å²) in [5.41, 5.74) is 0. The number of halogens is 1. The molecular weight excluding hydrogens is 314 g/mol. The van der Waals surface area contributed by atoms with Gasteiger partial charge >= 0.3 is 0 Å². The van der Waals surface area contributed by atoms with E-state index in [-0.39, 0.29) is 25.1 Å². The van der Waals surface area contributed by atoms with Gasteiger partial charge in [-0.15, -0.1) is 0 Å². The lowest BCUT2D eigenvalue weighted by Gasteiger charge is -2.28. The van der Waals surface area contributed by atoms with Gasteiger partial charge in [0.15, 0.2) is 12.1 Å². The summed E-state index contributed by atoms with van der Waals surface area (Å²) in [6.07, 6.45) is -2.17. The maximum Gasteiger partial charge on any atom is 0.190 e. The zero-order chi connectivity index (χ0) is 15.6. The van der Waals surface area contributed by atoms with Crippen molar-refractivity contribution in [1.82, 2.24) is 4.90 Å². The molecule has 0 aromatic carbocycles. The number of hydrogen-bond acceptors (Lipinski definition) is 7. The fourth-order valence-corrected chi connectivity index (χ4v) is 2.71. The van der Waals surface area contributed by atoms with E-state index < -0.39 is 30.4 Å². The average molecular weight is 341 g/mol. The van der Waals surface area contributed by atoms with Crippen LogP contribution < -0.4 is 12.4 Å². The van der Waals surface area contributed by atoms with Crippen molar-refractivity contribution in [3.63, 3.8) is 0 Å². The highest BCUT2D eigenvalue weighted by Crippen LogP contribution is 2.39. The van der Waals surface area contributed by atoms with Crippen LogP contribution in [0.3, 0.4) is 0 Å². The van der Waals surface area contributed by atoms with Crippen molar-refractivity contribution in [1.29, 1.82) is 0 Å². The largest absolute Gasteiger partial charge is 1.00 e. The third-order valence-corrected chi connectivity index (χ3v) is 3.65. The Labute approximate surface area is 137 Å². The van der Waals surface area contributed by atoms with Crippen LogP contribution in [0.2, 0.25) is 0 Å². The van der Waals surface area contributed by atoms with Crippen LogP contribution in [0.25, 0.3) is 0 Å². The molecule has 2 unspecified atom stereocenters. The smallest absolute Gasteiger partial charge is 0.190 e. The fraction of sp³-hybridized carbons (Fsp3) is 1.00. The highest BCUT2D eigenvalue weighted by molar-refractivity contribution is 4.96. The molecule has 2 fully saturated rings. The predicted octanol–water partition coefficient (Wildman–Crippen LogP) is -3.44. The number of hydrogen-bond donors (Lipinski definition) is 2. The molecule has 7 nitrogen and oxygen atoms in total. The number of nitrogens with zero attached hydrogens (tertiary/aromatic N) is 1. The van der Waals surface area contributed by atoms with Crippen LogP contribution >= 0.6 is 0 Å². The number of aliphatic hydroxyl groups is 2. The third-order valence-electron chi connectivity index (χ3n) is 3.65. The molecule has 5 atom stereocenters. The Kier molecular flexibility index (Phi) is 7.48. The van der Waals surface area contributed by atoms with Gasteiger partial charge in [-0.25, -0.2) is 0 Å². The second kappa shape index (κ2) is 8.21. The molecule has 2 aliphatic rings. The van der Waals surface area contributed by atoms with Gasteiger partial charge < -0.3 is 46.5 Å². The van der Waals surface area contributed by atoms with Crippen molar-refractivity contribution in [3.05, 3.63) is 0 Å². The SMILES string of the molecule is CN(C)CCCO[C@H]1[C@@H](C(O)CO)OC2OC(C)(C)O[C@@H]21.[Cl-]. The van der Waals surface area contributed by atoms with E-state index in [0.29, 0.717) is 6.61 Å². The molecule has 0 aliphatic carbocycles. The van der Waals surface area contributed by atoms with E-state index in [1.165, 1.54) is 0 Å². The van der Waals surface area contributed by atoms with Gasteiger partial charge in [0.2, 0.25) is 0 Å². The Hall–Kier alpha value is 0.01000. The summed E-state index contributed by atoms with van der Waals surface area (Å²) in [6.45, 7) is 4.70. The Morgan fingerprint density at radius 3 is 2.55 bits per heavy atom. The average Bonchev–Trinajstić information content (AvgIpc) is 2.86. The van der Waals surface area contributed by atoms with Gasteiger partial charge in [-0.05, 0) is 40.9 Å².